The van der Waals surface area contributed by atoms with E-state index in [4.69, 9.17) is 9.47 Å². The van der Waals surface area contributed by atoms with Gasteiger partial charge in [0.25, 0.3) is 0 Å². The summed E-state index contributed by atoms with van der Waals surface area (Å²) in [5.74, 6) is -0.450. The number of ether oxygens (including phenoxy) is 2. The molecule has 1 aromatic carbocycles. The van der Waals surface area contributed by atoms with E-state index in [0.717, 1.165) is 14.5 Å². The molecule has 0 amide bonds. The van der Waals surface area contributed by atoms with Crippen LogP contribution in [0.5, 0.6) is 0 Å². The fraction of sp³-hybridized carbons (Fsp3) is 0.235. The van der Waals surface area contributed by atoms with Crippen molar-refractivity contribution in [2.75, 3.05) is 7.11 Å². The molecule has 0 radical (unpaired) electrons. The monoisotopic (exact) mass is 580 g/mol. The molecule has 0 bridgehead atoms. The molecule has 1 heterocycles. The second-order valence-corrected chi connectivity index (χ2v) is 8.70. The van der Waals surface area contributed by atoms with Gasteiger partial charge in [0.2, 0.25) is 0 Å². The molecule has 2 aliphatic rings. The van der Waals surface area contributed by atoms with Crippen LogP contribution in [0.25, 0.3) is 0 Å². The summed E-state index contributed by atoms with van der Waals surface area (Å²) >= 11 is 14.3. The number of carbonyl (C=O) groups is 1. The van der Waals surface area contributed by atoms with Crippen LogP contribution in [0.2, 0.25) is 0 Å². The summed E-state index contributed by atoms with van der Waals surface area (Å²) in [7, 11) is 1.57. The van der Waals surface area contributed by atoms with Crippen LogP contribution in [0.4, 0.5) is 0 Å². The number of carbonyl (C=O) groups excluding carboxylic acids is 1. The maximum absolute atomic E-state index is 12.8. The highest BCUT2D eigenvalue weighted by molar-refractivity contribution is 9.16. The summed E-state index contributed by atoms with van der Waals surface area (Å²) in [6.07, 6.45) is 1.63. The molecule has 0 spiro atoms. The van der Waals surface area contributed by atoms with E-state index in [9.17, 15) is 4.79 Å². The number of esters is 1. The summed E-state index contributed by atoms with van der Waals surface area (Å²) in [6, 6.07) is 9.48. The molecular formula is C17H12Br4O3. The Morgan fingerprint density at radius 2 is 1.83 bits per heavy atom. The molecule has 3 nitrogen and oxygen atoms in total. The first-order valence-electron chi connectivity index (χ1n) is 6.94. The van der Waals surface area contributed by atoms with Crippen molar-refractivity contribution in [3.05, 3.63) is 67.6 Å². The molecule has 3 rings (SSSR count). The highest BCUT2D eigenvalue weighted by atomic mass is 79.9. The van der Waals surface area contributed by atoms with Gasteiger partial charge in [0.05, 0.1) is 10.4 Å². The number of halogens is 4. The summed E-state index contributed by atoms with van der Waals surface area (Å²) in [5, 5.41) is 0. The Balaban J connectivity index is 2.40. The predicted octanol–water partition coefficient (Wildman–Crippen LogP) is 5.44. The van der Waals surface area contributed by atoms with E-state index < -0.39 is 17.2 Å². The summed E-state index contributed by atoms with van der Waals surface area (Å²) in [6.45, 7) is 3.95. The third kappa shape index (κ3) is 2.18. The second-order valence-electron chi connectivity index (χ2n) is 5.35. The van der Waals surface area contributed by atoms with Gasteiger partial charge in [0, 0.05) is 26.1 Å². The van der Waals surface area contributed by atoms with E-state index in [2.05, 4.69) is 70.3 Å². The van der Waals surface area contributed by atoms with E-state index in [0.29, 0.717) is 10.1 Å². The number of hydrogen-bond acceptors (Lipinski definition) is 3. The number of benzene rings is 1. The van der Waals surface area contributed by atoms with Crippen molar-refractivity contribution in [1.82, 2.24) is 0 Å². The minimum Gasteiger partial charge on any atom is -0.443 e. The van der Waals surface area contributed by atoms with E-state index in [1.54, 1.807) is 13.2 Å². The molecule has 3 unspecified atom stereocenters. The Morgan fingerprint density at radius 1 is 1.21 bits per heavy atom. The SMILES string of the molecule is C=CC1(c2ccccc2)OC(=O)C2=C(Br)C(Br)=C(Br)C(Br)C21OC. The van der Waals surface area contributed by atoms with Crippen LogP contribution in [0.1, 0.15) is 5.56 Å². The number of rotatable bonds is 3. The first-order chi connectivity index (χ1) is 11.4. The summed E-state index contributed by atoms with van der Waals surface area (Å²) < 4.78 is 14.0. The van der Waals surface area contributed by atoms with Gasteiger partial charge in [-0.05, 0) is 37.9 Å². The minimum atomic E-state index is -1.17. The van der Waals surface area contributed by atoms with Gasteiger partial charge in [-0.1, -0.05) is 68.8 Å². The molecule has 3 atom stereocenters. The zero-order valence-electron chi connectivity index (χ0n) is 12.5. The maximum atomic E-state index is 12.8. The lowest BCUT2D eigenvalue weighted by Gasteiger charge is -2.45. The number of cyclic esters (lactones) is 1. The first kappa shape index (κ1) is 18.6. The molecule has 0 saturated carbocycles. The average molecular weight is 584 g/mol. The Morgan fingerprint density at radius 3 is 2.38 bits per heavy atom. The number of alkyl halides is 1. The molecular weight excluding hydrogens is 572 g/mol. The Labute approximate surface area is 173 Å². The van der Waals surface area contributed by atoms with Crippen LogP contribution in [0, 0.1) is 0 Å². The van der Waals surface area contributed by atoms with Gasteiger partial charge in [-0.25, -0.2) is 4.79 Å². The zero-order valence-corrected chi connectivity index (χ0v) is 18.8. The molecule has 7 heteroatoms. The van der Waals surface area contributed by atoms with Crippen molar-refractivity contribution in [3.8, 4) is 0 Å². The first-order valence-corrected chi connectivity index (χ1v) is 10.2. The van der Waals surface area contributed by atoms with Crippen LogP contribution in [0.3, 0.4) is 0 Å². The molecule has 0 N–H and O–H groups in total. The van der Waals surface area contributed by atoms with Gasteiger partial charge in [-0.2, -0.15) is 0 Å². The van der Waals surface area contributed by atoms with E-state index in [-0.39, 0.29) is 4.83 Å². The van der Waals surface area contributed by atoms with Crippen molar-refractivity contribution < 1.29 is 14.3 Å². The Kier molecular flexibility index (Phi) is 5.03. The second kappa shape index (κ2) is 6.50. The third-order valence-corrected chi connectivity index (χ3v) is 9.65. The van der Waals surface area contributed by atoms with Gasteiger partial charge in [-0.15, -0.1) is 0 Å². The van der Waals surface area contributed by atoms with E-state index in [1.807, 2.05) is 30.3 Å². The van der Waals surface area contributed by atoms with Crippen LogP contribution < -0.4 is 0 Å². The number of methoxy groups -OCH3 is 1. The lowest BCUT2D eigenvalue weighted by atomic mass is 9.71. The molecule has 126 valence electrons. The van der Waals surface area contributed by atoms with Crippen LogP contribution >= 0.6 is 63.7 Å². The van der Waals surface area contributed by atoms with Gasteiger partial charge in [0.15, 0.2) is 11.2 Å². The normalized spacial score (nSPS) is 32.7. The van der Waals surface area contributed by atoms with E-state index in [1.165, 1.54) is 0 Å². The smallest absolute Gasteiger partial charge is 0.339 e. The molecule has 1 fully saturated rings. The molecule has 1 saturated heterocycles. The predicted molar refractivity (Wildman–Crippen MR) is 108 cm³/mol. The van der Waals surface area contributed by atoms with Crippen molar-refractivity contribution in [2.24, 2.45) is 0 Å². The fourth-order valence-corrected chi connectivity index (χ4v) is 6.49. The molecule has 1 aromatic rings. The summed E-state index contributed by atoms with van der Waals surface area (Å²) in [5.41, 5.74) is -1.10. The quantitative estimate of drug-likeness (QED) is 0.270. The number of hydrogen-bond donors (Lipinski definition) is 0. The van der Waals surface area contributed by atoms with Crippen LogP contribution in [-0.2, 0) is 19.9 Å². The lowest BCUT2D eigenvalue weighted by Crippen LogP contribution is -2.57. The number of fused-ring (bicyclic) bond motifs is 1. The fourth-order valence-electron chi connectivity index (χ4n) is 3.31. The molecule has 1 aliphatic heterocycles. The van der Waals surface area contributed by atoms with Gasteiger partial charge < -0.3 is 9.47 Å². The largest absolute Gasteiger partial charge is 0.443 e. The van der Waals surface area contributed by atoms with Gasteiger partial charge in [-0.3, -0.25) is 0 Å². The molecule has 0 aromatic heterocycles. The minimum absolute atomic E-state index is 0.370. The van der Waals surface area contributed by atoms with Crippen molar-refractivity contribution in [2.45, 2.75) is 16.0 Å². The van der Waals surface area contributed by atoms with Crippen molar-refractivity contribution in [1.29, 1.82) is 0 Å². The standard InChI is InChI=1S/C17H12Br4O3/c1-3-16(9-7-5-4-6-8-9)17(23-2)10(15(22)24-16)11(18)12(19)13(20)14(17)21/h3-8,14H,1H2,2H3. The highest BCUT2D eigenvalue weighted by Crippen LogP contribution is 2.61. The summed E-state index contributed by atoms with van der Waals surface area (Å²) in [4.78, 5) is 12.4. The average Bonchev–Trinajstić information content (AvgIpc) is 2.88. The van der Waals surface area contributed by atoms with Gasteiger partial charge >= 0.3 is 5.97 Å². The van der Waals surface area contributed by atoms with Crippen LogP contribution in [-0.4, -0.2) is 23.5 Å². The highest BCUT2D eigenvalue weighted by Gasteiger charge is 2.70. The Bertz CT molecular complexity index is 786. The zero-order chi connectivity index (χ0) is 17.7. The van der Waals surface area contributed by atoms with E-state index >= 15 is 0 Å². The van der Waals surface area contributed by atoms with Crippen molar-refractivity contribution in [3.63, 3.8) is 0 Å². The van der Waals surface area contributed by atoms with Crippen molar-refractivity contribution >= 4 is 69.7 Å². The lowest BCUT2D eigenvalue weighted by molar-refractivity contribution is -0.153. The van der Waals surface area contributed by atoms with Crippen LogP contribution in [0.15, 0.2) is 62.0 Å². The number of allylic oxidation sites excluding steroid dienone is 2. The third-order valence-electron chi connectivity index (χ3n) is 4.39. The van der Waals surface area contributed by atoms with Gasteiger partial charge in [0.1, 0.15) is 0 Å². The topological polar surface area (TPSA) is 35.5 Å². The Hall–Kier alpha value is -0.210. The molecule has 1 aliphatic carbocycles. The maximum Gasteiger partial charge on any atom is 0.339 e. The molecule has 24 heavy (non-hydrogen) atoms.